The fourth-order valence-corrected chi connectivity index (χ4v) is 4.65. The Balaban J connectivity index is 0.00000180. The van der Waals surface area contributed by atoms with E-state index in [9.17, 15) is 13.2 Å². The number of fused-ring (bicyclic) bond motifs is 2. The number of pyridine rings is 2. The molecule has 36 heavy (non-hydrogen) atoms. The summed E-state index contributed by atoms with van der Waals surface area (Å²) in [4.78, 5) is 6.20. The fraction of sp³-hybridized carbons (Fsp3) is 0.375. The first-order valence-corrected chi connectivity index (χ1v) is 11.1. The number of methoxy groups -OCH3 is 1. The van der Waals surface area contributed by atoms with Crippen molar-refractivity contribution in [2.45, 2.75) is 31.1 Å². The molecule has 0 radical (unpaired) electrons. The number of nitrogens with two attached hydrogens (primary N) is 1. The summed E-state index contributed by atoms with van der Waals surface area (Å²) in [5, 5.41) is 9.37. The molecule has 0 amide bonds. The number of halogens is 5. The highest BCUT2D eigenvalue weighted by atomic mass is 35.5. The number of aromatic nitrogens is 4. The smallest absolute Gasteiger partial charge is 0.384 e. The van der Waals surface area contributed by atoms with E-state index in [2.05, 4.69) is 10.2 Å². The highest BCUT2D eigenvalue weighted by molar-refractivity contribution is 5.86. The molecule has 1 fully saturated rings. The molecule has 4 heterocycles. The van der Waals surface area contributed by atoms with Crippen LogP contribution in [0, 0.1) is 0 Å². The summed E-state index contributed by atoms with van der Waals surface area (Å²) >= 11 is 0. The number of rotatable bonds is 6. The van der Waals surface area contributed by atoms with Gasteiger partial charge in [0.25, 0.3) is 0 Å². The van der Waals surface area contributed by atoms with E-state index in [0.717, 1.165) is 16.5 Å². The lowest BCUT2D eigenvalue weighted by Crippen LogP contribution is -2.38. The maximum absolute atomic E-state index is 14.1. The lowest BCUT2D eigenvalue weighted by atomic mass is 10.1. The highest BCUT2D eigenvalue weighted by Gasteiger charge is 2.46. The average molecular weight is 543 g/mol. The molecule has 7 nitrogen and oxygen atoms in total. The van der Waals surface area contributed by atoms with Crippen molar-refractivity contribution >= 4 is 41.4 Å². The van der Waals surface area contributed by atoms with Crippen LogP contribution >= 0.6 is 24.8 Å². The molecular weight excluding hydrogens is 516 g/mol. The van der Waals surface area contributed by atoms with Crippen molar-refractivity contribution in [2.75, 3.05) is 26.8 Å². The number of benzene rings is 1. The van der Waals surface area contributed by atoms with Crippen LogP contribution in [0.5, 0.6) is 0 Å². The molecule has 4 aromatic rings. The average Bonchev–Trinajstić information content (AvgIpc) is 3.42. The number of nitrogens with zero attached hydrogens (tertiary/aromatic N) is 5. The molecule has 0 aliphatic carbocycles. The van der Waals surface area contributed by atoms with E-state index < -0.39 is 12.2 Å². The van der Waals surface area contributed by atoms with Crippen LogP contribution in [0.3, 0.4) is 0 Å². The molecule has 0 bridgehead atoms. The molecular formula is C24H27Cl2F3N6O. The Morgan fingerprint density at radius 1 is 1.11 bits per heavy atom. The van der Waals surface area contributed by atoms with Gasteiger partial charge in [0.15, 0.2) is 11.5 Å². The van der Waals surface area contributed by atoms with E-state index in [0.29, 0.717) is 43.2 Å². The van der Waals surface area contributed by atoms with E-state index in [1.165, 1.54) is 17.2 Å². The van der Waals surface area contributed by atoms with Crippen LogP contribution < -0.4 is 5.73 Å². The minimum absolute atomic E-state index is 0. The van der Waals surface area contributed by atoms with E-state index in [4.69, 9.17) is 15.5 Å². The number of hydrogen-bond donors (Lipinski definition) is 1. The second kappa shape index (κ2) is 11.3. The number of ether oxygens (including phenoxy) is 1. The molecule has 0 unspecified atom stereocenters. The zero-order valence-electron chi connectivity index (χ0n) is 19.5. The summed E-state index contributed by atoms with van der Waals surface area (Å²) in [6.45, 7) is 1.06. The van der Waals surface area contributed by atoms with Crippen molar-refractivity contribution in [3.63, 3.8) is 0 Å². The van der Waals surface area contributed by atoms with Gasteiger partial charge in [0, 0.05) is 37.8 Å². The summed E-state index contributed by atoms with van der Waals surface area (Å²) in [6.07, 6.45) is -1.74. The van der Waals surface area contributed by atoms with Crippen molar-refractivity contribution in [3.05, 3.63) is 59.8 Å². The summed E-state index contributed by atoms with van der Waals surface area (Å²) in [7, 11) is 1.65. The van der Waals surface area contributed by atoms with Gasteiger partial charge >= 0.3 is 6.18 Å². The molecule has 194 valence electrons. The lowest BCUT2D eigenvalue weighted by Gasteiger charge is -2.30. The monoisotopic (exact) mass is 542 g/mol. The van der Waals surface area contributed by atoms with Crippen molar-refractivity contribution in [1.29, 1.82) is 0 Å². The second-order valence-corrected chi connectivity index (χ2v) is 8.63. The van der Waals surface area contributed by atoms with Gasteiger partial charge in [-0.3, -0.25) is 9.30 Å². The normalized spacial score (nSPS) is 17.2. The van der Waals surface area contributed by atoms with E-state index in [1.807, 2.05) is 30.3 Å². The molecule has 1 aliphatic heterocycles. The summed E-state index contributed by atoms with van der Waals surface area (Å²) in [6, 6.07) is 10.7. The molecule has 3 aromatic heterocycles. The number of alkyl halides is 3. The number of para-hydroxylation sites is 1. The van der Waals surface area contributed by atoms with Gasteiger partial charge in [0.1, 0.15) is 11.7 Å². The van der Waals surface area contributed by atoms with E-state index >= 15 is 0 Å². The van der Waals surface area contributed by atoms with Gasteiger partial charge in [-0.1, -0.05) is 30.3 Å². The quantitative estimate of drug-likeness (QED) is 0.383. The molecule has 5 rings (SSSR count). The Hall–Kier alpha value is -2.50. The topological polar surface area (TPSA) is 81.6 Å². The Labute approximate surface area is 218 Å². The standard InChI is InChI=1S/C24H25F3N6O.2ClH/c1-34-12-10-16-4-2-3-15-5-7-19(29-21(15)16)23-31-30-20-8-6-17(13-33(20)23)22(24(25,26)27)32-11-9-18(28)14-32;;/h2-8,13,18,22H,9-12,14,28H2,1H3;2*1H/t18-,22+;;/m0../s1. The van der Waals surface area contributed by atoms with Crippen molar-refractivity contribution in [3.8, 4) is 11.5 Å². The molecule has 2 N–H and O–H groups in total. The Bertz CT molecular complexity index is 1330. The third kappa shape index (κ3) is 5.42. The molecule has 12 heteroatoms. The van der Waals surface area contributed by atoms with Gasteiger partial charge in [0.2, 0.25) is 0 Å². The van der Waals surface area contributed by atoms with Crippen molar-refractivity contribution in [1.82, 2.24) is 24.5 Å². The Kier molecular flexibility index (Phi) is 8.79. The van der Waals surface area contributed by atoms with E-state index in [-0.39, 0.29) is 43.0 Å². The third-order valence-electron chi connectivity index (χ3n) is 6.28. The molecule has 0 spiro atoms. The third-order valence-corrected chi connectivity index (χ3v) is 6.28. The van der Waals surface area contributed by atoms with Crippen LogP contribution in [0.4, 0.5) is 13.2 Å². The predicted octanol–water partition coefficient (Wildman–Crippen LogP) is 4.61. The van der Waals surface area contributed by atoms with Crippen LogP contribution in [-0.4, -0.2) is 63.5 Å². The minimum atomic E-state index is -4.44. The highest BCUT2D eigenvalue weighted by Crippen LogP contribution is 2.39. The first kappa shape index (κ1) is 28.1. The summed E-state index contributed by atoms with van der Waals surface area (Å²) in [5.41, 5.74) is 8.84. The van der Waals surface area contributed by atoms with Crippen molar-refractivity contribution in [2.24, 2.45) is 5.73 Å². The van der Waals surface area contributed by atoms with Gasteiger partial charge in [-0.05, 0) is 36.1 Å². The van der Waals surface area contributed by atoms with Crippen LogP contribution in [-0.2, 0) is 11.2 Å². The maximum Gasteiger partial charge on any atom is 0.408 e. The molecule has 0 saturated carbocycles. The lowest BCUT2D eigenvalue weighted by molar-refractivity contribution is -0.183. The molecule has 1 saturated heterocycles. The van der Waals surface area contributed by atoms with Gasteiger partial charge < -0.3 is 10.5 Å². The largest absolute Gasteiger partial charge is 0.408 e. The van der Waals surface area contributed by atoms with Crippen LogP contribution in [0.2, 0.25) is 0 Å². The van der Waals surface area contributed by atoms with Gasteiger partial charge in [-0.15, -0.1) is 35.0 Å². The number of likely N-dealkylation sites (tertiary alicyclic amines) is 1. The molecule has 2 atom stereocenters. The summed E-state index contributed by atoms with van der Waals surface area (Å²) in [5.74, 6) is 0.388. The van der Waals surface area contributed by atoms with Crippen LogP contribution in [0.15, 0.2) is 48.7 Å². The summed E-state index contributed by atoms with van der Waals surface area (Å²) < 4.78 is 49.1. The van der Waals surface area contributed by atoms with Crippen molar-refractivity contribution < 1.29 is 17.9 Å². The van der Waals surface area contributed by atoms with E-state index in [1.54, 1.807) is 17.6 Å². The fourth-order valence-electron chi connectivity index (χ4n) is 4.65. The van der Waals surface area contributed by atoms with Crippen LogP contribution in [0.25, 0.3) is 28.1 Å². The minimum Gasteiger partial charge on any atom is -0.384 e. The zero-order chi connectivity index (χ0) is 23.9. The Morgan fingerprint density at radius 2 is 1.92 bits per heavy atom. The van der Waals surface area contributed by atoms with Gasteiger partial charge in [-0.25, -0.2) is 4.98 Å². The molecule has 1 aromatic carbocycles. The first-order valence-electron chi connectivity index (χ1n) is 11.1. The number of hydrogen-bond acceptors (Lipinski definition) is 6. The maximum atomic E-state index is 14.1. The Morgan fingerprint density at radius 3 is 2.61 bits per heavy atom. The zero-order valence-corrected chi connectivity index (χ0v) is 21.1. The van der Waals surface area contributed by atoms with Crippen LogP contribution in [0.1, 0.15) is 23.6 Å². The predicted molar refractivity (Wildman–Crippen MR) is 137 cm³/mol. The SMILES string of the molecule is COCCc1cccc2ccc(-c3nnc4ccc([C@@H](N5CC[C@H](N)C5)C(F)(F)F)cn34)nc12.Cl.Cl. The van der Waals surface area contributed by atoms with Gasteiger partial charge in [-0.2, -0.15) is 13.2 Å². The molecule has 1 aliphatic rings. The van der Waals surface area contributed by atoms with Gasteiger partial charge in [0.05, 0.1) is 12.1 Å². The first-order chi connectivity index (χ1) is 16.3. The second-order valence-electron chi connectivity index (χ2n) is 8.63.